The quantitative estimate of drug-likeness (QED) is 0.701. The molecule has 0 aliphatic carbocycles. The third-order valence-electron chi connectivity index (χ3n) is 4.10. The van der Waals surface area contributed by atoms with E-state index in [0.29, 0.717) is 41.2 Å². The monoisotopic (exact) mass is 370 g/mol. The summed E-state index contributed by atoms with van der Waals surface area (Å²) in [6, 6.07) is 3.48. The Morgan fingerprint density at radius 1 is 1.31 bits per heavy atom. The highest BCUT2D eigenvalue weighted by molar-refractivity contribution is 6.29. The Morgan fingerprint density at radius 3 is 2.96 bits per heavy atom. The van der Waals surface area contributed by atoms with Gasteiger partial charge in [0.2, 0.25) is 5.91 Å². The van der Waals surface area contributed by atoms with E-state index < -0.39 is 0 Å². The smallest absolute Gasteiger partial charge is 0.239 e. The maximum atomic E-state index is 11.9. The van der Waals surface area contributed by atoms with Crippen molar-refractivity contribution in [3.05, 3.63) is 35.9 Å². The van der Waals surface area contributed by atoms with E-state index in [-0.39, 0.29) is 12.5 Å². The van der Waals surface area contributed by atoms with Crippen LogP contribution in [0.3, 0.4) is 0 Å². The highest BCUT2D eigenvalue weighted by Crippen LogP contribution is 2.34. The lowest BCUT2D eigenvalue weighted by molar-refractivity contribution is -0.120. The number of halogens is 1. The predicted molar refractivity (Wildman–Crippen MR) is 97.3 cm³/mol. The lowest BCUT2D eigenvalue weighted by Crippen LogP contribution is -2.48. The van der Waals surface area contributed by atoms with Gasteiger partial charge < -0.3 is 15.0 Å². The molecule has 3 aromatic rings. The first kappa shape index (κ1) is 16.5. The number of methoxy groups -OCH3 is 1. The maximum absolute atomic E-state index is 11.9. The predicted octanol–water partition coefficient (Wildman–Crippen LogP) is 1.68. The van der Waals surface area contributed by atoms with Gasteiger partial charge in [-0.25, -0.2) is 15.0 Å². The summed E-state index contributed by atoms with van der Waals surface area (Å²) in [4.78, 5) is 31.3. The fourth-order valence-corrected chi connectivity index (χ4v) is 3.08. The maximum Gasteiger partial charge on any atom is 0.239 e. The van der Waals surface area contributed by atoms with Crippen molar-refractivity contribution in [1.29, 1.82) is 0 Å². The molecule has 3 aromatic heterocycles. The number of anilines is 1. The molecule has 0 spiro atoms. The second-order valence-electron chi connectivity index (χ2n) is 5.75. The number of amides is 1. The largest absolute Gasteiger partial charge is 0.494 e. The van der Waals surface area contributed by atoms with E-state index in [9.17, 15) is 4.79 Å². The van der Waals surface area contributed by atoms with Gasteiger partial charge in [0, 0.05) is 24.8 Å². The molecule has 26 heavy (non-hydrogen) atoms. The third kappa shape index (κ3) is 2.99. The van der Waals surface area contributed by atoms with Gasteiger partial charge in [-0.05, 0) is 12.1 Å². The van der Waals surface area contributed by atoms with E-state index in [2.05, 4.69) is 20.3 Å². The van der Waals surface area contributed by atoms with Gasteiger partial charge in [-0.15, -0.1) is 0 Å². The van der Waals surface area contributed by atoms with Crippen molar-refractivity contribution in [3.63, 3.8) is 0 Å². The number of ether oxygens (including phenoxy) is 1. The molecule has 0 radical (unpaired) electrons. The minimum atomic E-state index is -0.0514. The van der Waals surface area contributed by atoms with Crippen LogP contribution in [0.25, 0.3) is 22.3 Å². The van der Waals surface area contributed by atoms with Crippen molar-refractivity contribution in [2.45, 2.75) is 0 Å². The van der Waals surface area contributed by atoms with E-state index in [4.69, 9.17) is 21.3 Å². The molecule has 4 rings (SSSR count). The molecular formula is C17H15ClN6O2. The number of carbonyl (C=O) groups excluding carboxylic acids is 1. The first-order chi connectivity index (χ1) is 12.7. The summed E-state index contributed by atoms with van der Waals surface area (Å²) >= 11 is 6.01. The van der Waals surface area contributed by atoms with E-state index in [0.717, 1.165) is 10.9 Å². The van der Waals surface area contributed by atoms with Crippen LogP contribution in [0.5, 0.6) is 5.75 Å². The standard InChI is InChI=1S/C17H15ClN6O2/c1-26-12-8-19-7-11-15(12)17(24-5-4-21-14(25)9-24)23-16(22-11)10-2-3-20-13(18)6-10/h2-3,6-8H,4-5,9H2,1H3,(H,21,25). The van der Waals surface area contributed by atoms with Crippen LogP contribution in [-0.4, -0.2) is 52.6 Å². The Balaban J connectivity index is 1.95. The number of hydrogen-bond acceptors (Lipinski definition) is 7. The number of piperazine rings is 1. The van der Waals surface area contributed by atoms with Crippen molar-refractivity contribution in [2.75, 3.05) is 31.6 Å². The molecule has 1 saturated heterocycles. The lowest BCUT2D eigenvalue weighted by atomic mass is 10.2. The zero-order valence-electron chi connectivity index (χ0n) is 13.9. The van der Waals surface area contributed by atoms with Gasteiger partial charge in [-0.2, -0.15) is 0 Å². The van der Waals surface area contributed by atoms with Gasteiger partial charge in [-0.1, -0.05) is 11.6 Å². The summed E-state index contributed by atoms with van der Waals surface area (Å²) in [7, 11) is 1.57. The number of hydrogen-bond donors (Lipinski definition) is 1. The molecular weight excluding hydrogens is 356 g/mol. The van der Waals surface area contributed by atoms with Crippen LogP contribution in [0.15, 0.2) is 30.7 Å². The average Bonchev–Trinajstić information content (AvgIpc) is 2.66. The molecule has 1 N–H and O–H groups in total. The average molecular weight is 371 g/mol. The summed E-state index contributed by atoms with van der Waals surface area (Å²) in [6.07, 6.45) is 4.87. The summed E-state index contributed by atoms with van der Waals surface area (Å²) in [5, 5.41) is 3.90. The molecule has 0 bridgehead atoms. The first-order valence-electron chi connectivity index (χ1n) is 7.99. The van der Waals surface area contributed by atoms with Gasteiger partial charge in [0.25, 0.3) is 0 Å². The van der Waals surface area contributed by atoms with Crippen LogP contribution in [0.2, 0.25) is 5.15 Å². The minimum absolute atomic E-state index is 0.0514. The Hall–Kier alpha value is -3.00. The number of aromatic nitrogens is 4. The van der Waals surface area contributed by atoms with Crippen LogP contribution in [-0.2, 0) is 4.79 Å². The lowest BCUT2D eigenvalue weighted by Gasteiger charge is -2.29. The molecule has 0 unspecified atom stereocenters. The van der Waals surface area contributed by atoms with Gasteiger partial charge in [0.05, 0.1) is 37.0 Å². The Kier molecular flexibility index (Phi) is 4.26. The topological polar surface area (TPSA) is 93.1 Å². The number of carbonyl (C=O) groups is 1. The Morgan fingerprint density at radius 2 is 2.19 bits per heavy atom. The Labute approximate surface area is 154 Å². The summed E-state index contributed by atoms with van der Waals surface area (Å²) < 4.78 is 5.45. The van der Waals surface area contributed by atoms with Gasteiger partial charge in [0.15, 0.2) is 5.82 Å². The normalized spacial score (nSPS) is 14.4. The molecule has 1 fully saturated rings. The van der Waals surface area contributed by atoms with Crippen LogP contribution in [0.4, 0.5) is 5.82 Å². The molecule has 132 valence electrons. The van der Waals surface area contributed by atoms with Crippen molar-refractivity contribution in [2.24, 2.45) is 0 Å². The van der Waals surface area contributed by atoms with E-state index in [1.807, 2.05) is 4.90 Å². The van der Waals surface area contributed by atoms with Crippen LogP contribution >= 0.6 is 11.6 Å². The van der Waals surface area contributed by atoms with E-state index in [1.54, 1.807) is 37.8 Å². The molecule has 0 atom stereocenters. The molecule has 0 aromatic carbocycles. The number of nitrogens with one attached hydrogen (secondary N) is 1. The van der Waals surface area contributed by atoms with Crippen molar-refractivity contribution in [3.8, 4) is 17.1 Å². The Bertz CT molecular complexity index is 996. The fraction of sp³-hybridized carbons (Fsp3) is 0.235. The van der Waals surface area contributed by atoms with Crippen LogP contribution in [0.1, 0.15) is 0 Å². The zero-order valence-corrected chi connectivity index (χ0v) is 14.7. The molecule has 1 aliphatic rings. The zero-order chi connectivity index (χ0) is 18.1. The highest BCUT2D eigenvalue weighted by atomic mass is 35.5. The number of pyridine rings is 2. The highest BCUT2D eigenvalue weighted by Gasteiger charge is 2.23. The summed E-state index contributed by atoms with van der Waals surface area (Å²) in [6.45, 7) is 1.40. The fourth-order valence-electron chi connectivity index (χ4n) is 2.91. The number of fused-ring (bicyclic) bond motifs is 1. The SMILES string of the molecule is COc1cncc2nc(-c3ccnc(Cl)c3)nc(N3CCNC(=O)C3)c12. The second-order valence-corrected chi connectivity index (χ2v) is 6.13. The molecule has 0 saturated carbocycles. The number of nitrogens with zero attached hydrogens (tertiary/aromatic N) is 5. The van der Waals surface area contributed by atoms with Gasteiger partial charge in [0.1, 0.15) is 16.7 Å². The van der Waals surface area contributed by atoms with Crippen LogP contribution in [0, 0.1) is 0 Å². The van der Waals surface area contributed by atoms with Crippen molar-refractivity contribution in [1.82, 2.24) is 25.3 Å². The number of rotatable bonds is 3. The van der Waals surface area contributed by atoms with Crippen LogP contribution < -0.4 is 15.0 Å². The summed E-state index contributed by atoms with van der Waals surface area (Å²) in [5.41, 5.74) is 1.36. The second kappa shape index (κ2) is 6.72. The van der Waals surface area contributed by atoms with Gasteiger partial charge >= 0.3 is 0 Å². The van der Waals surface area contributed by atoms with E-state index in [1.165, 1.54) is 0 Å². The summed E-state index contributed by atoms with van der Waals surface area (Å²) in [5.74, 6) is 1.62. The minimum Gasteiger partial charge on any atom is -0.494 e. The molecule has 8 nitrogen and oxygen atoms in total. The van der Waals surface area contributed by atoms with E-state index >= 15 is 0 Å². The third-order valence-corrected chi connectivity index (χ3v) is 4.30. The molecule has 4 heterocycles. The van der Waals surface area contributed by atoms with Crippen molar-refractivity contribution >= 4 is 34.2 Å². The molecule has 1 aliphatic heterocycles. The first-order valence-corrected chi connectivity index (χ1v) is 8.37. The molecule has 1 amide bonds. The van der Waals surface area contributed by atoms with Crippen molar-refractivity contribution < 1.29 is 9.53 Å². The van der Waals surface area contributed by atoms with Gasteiger partial charge in [-0.3, -0.25) is 9.78 Å². The molecule has 9 heteroatoms.